The lowest BCUT2D eigenvalue weighted by atomic mass is 9.98. The third kappa shape index (κ3) is 4.68. The van der Waals surface area contributed by atoms with Crippen LogP contribution >= 0.6 is 11.6 Å². The summed E-state index contributed by atoms with van der Waals surface area (Å²) in [4.78, 5) is 0.587. The first-order valence-electron chi connectivity index (χ1n) is 8.65. The van der Waals surface area contributed by atoms with Gasteiger partial charge in [-0.2, -0.15) is 0 Å². The van der Waals surface area contributed by atoms with Crippen LogP contribution in [0.5, 0.6) is 0 Å². The average Bonchev–Trinajstić information content (AvgIpc) is 3.12. The van der Waals surface area contributed by atoms with Crippen LogP contribution in [0.4, 0.5) is 8.78 Å². The van der Waals surface area contributed by atoms with Gasteiger partial charge >= 0.3 is 0 Å². The highest BCUT2D eigenvalue weighted by Crippen LogP contribution is 2.36. The van der Waals surface area contributed by atoms with E-state index in [-0.39, 0.29) is 5.56 Å². The molecule has 0 aromatic heterocycles. The molecule has 2 aromatic rings. The Morgan fingerprint density at radius 2 is 1.76 bits per heavy atom. The van der Waals surface area contributed by atoms with Gasteiger partial charge in [-0.1, -0.05) is 37.3 Å². The molecule has 2 atom stereocenters. The third-order valence-electron chi connectivity index (χ3n) is 4.92. The zero-order chi connectivity index (χ0) is 17.8. The molecule has 1 fully saturated rings. The molecule has 1 aliphatic rings. The molecular formula is C20H21ClF2OS. The van der Waals surface area contributed by atoms with Crippen LogP contribution in [0.25, 0.3) is 0 Å². The summed E-state index contributed by atoms with van der Waals surface area (Å²) in [5.41, 5.74) is 0.200. The van der Waals surface area contributed by atoms with Gasteiger partial charge in [0.15, 0.2) is 0 Å². The zero-order valence-electron chi connectivity index (χ0n) is 13.9. The highest BCUT2D eigenvalue weighted by molar-refractivity contribution is 7.85. The van der Waals surface area contributed by atoms with Crippen LogP contribution in [-0.2, 0) is 10.8 Å². The van der Waals surface area contributed by atoms with Gasteiger partial charge in [0.2, 0.25) is 0 Å². The molecule has 1 nitrogen and oxygen atoms in total. The molecule has 1 aliphatic carbocycles. The topological polar surface area (TPSA) is 17.1 Å². The smallest absolute Gasteiger partial charge is 0.127 e. The van der Waals surface area contributed by atoms with Crippen LogP contribution in [0.15, 0.2) is 47.4 Å². The molecule has 0 saturated heterocycles. The van der Waals surface area contributed by atoms with Crippen LogP contribution in [-0.4, -0.2) is 4.21 Å². The summed E-state index contributed by atoms with van der Waals surface area (Å²) in [6.45, 7) is 0. The van der Waals surface area contributed by atoms with E-state index >= 15 is 0 Å². The van der Waals surface area contributed by atoms with Gasteiger partial charge < -0.3 is 0 Å². The minimum absolute atomic E-state index is 0.200. The molecule has 0 heterocycles. The molecule has 1 saturated carbocycles. The van der Waals surface area contributed by atoms with Crippen molar-refractivity contribution in [2.24, 2.45) is 5.92 Å². The maximum absolute atomic E-state index is 14.3. The summed E-state index contributed by atoms with van der Waals surface area (Å²) in [7, 11) is -1.46. The second-order valence-corrected chi connectivity index (χ2v) is 8.71. The van der Waals surface area contributed by atoms with Crippen molar-refractivity contribution < 1.29 is 13.0 Å². The van der Waals surface area contributed by atoms with Gasteiger partial charge in [-0.05, 0) is 61.2 Å². The lowest BCUT2D eigenvalue weighted by Gasteiger charge is -2.20. The minimum atomic E-state index is -1.46. The molecule has 134 valence electrons. The number of halogens is 3. The van der Waals surface area contributed by atoms with Gasteiger partial charge in [-0.25, -0.2) is 8.78 Å². The Morgan fingerprint density at radius 1 is 1.08 bits per heavy atom. The first kappa shape index (κ1) is 18.5. The molecule has 25 heavy (non-hydrogen) atoms. The van der Waals surface area contributed by atoms with Gasteiger partial charge in [-0.3, -0.25) is 4.21 Å². The molecule has 5 heteroatoms. The van der Waals surface area contributed by atoms with Crippen molar-refractivity contribution in [1.29, 1.82) is 0 Å². The number of benzene rings is 2. The van der Waals surface area contributed by atoms with Crippen LogP contribution in [0, 0.1) is 17.6 Å². The Kier molecular flexibility index (Phi) is 6.24. The van der Waals surface area contributed by atoms with Gasteiger partial charge in [0.05, 0.1) is 16.0 Å². The minimum Gasteiger partial charge on any atom is -0.254 e. The van der Waals surface area contributed by atoms with E-state index in [0.717, 1.165) is 18.6 Å². The van der Waals surface area contributed by atoms with E-state index in [9.17, 15) is 13.0 Å². The largest absolute Gasteiger partial charge is 0.254 e. The molecule has 2 unspecified atom stereocenters. The second kappa shape index (κ2) is 8.41. The van der Waals surface area contributed by atoms with Crippen molar-refractivity contribution in [2.75, 3.05) is 0 Å². The Hall–Kier alpha value is -1.26. The molecule has 0 aliphatic heterocycles. The lowest BCUT2D eigenvalue weighted by Crippen LogP contribution is -2.11. The van der Waals surface area contributed by atoms with Gasteiger partial charge in [0.25, 0.3) is 0 Å². The van der Waals surface area contributed by atoms with Gasteiger partial charge in [0, 0.05) is 15.5 Å². The van der Waals surface area contributed by atoms with Crippen LogP contribution < -0.4 is 0 Å². The van der Waals surface area contributed by atoms with E-state index < -0.39 is 27.7 Å². The Morgan fingerprint density at radius 3 is 2.44 bits per heavy atom. The van der Waals surface area contributed by atoms with Gasteiger partial charge in [-0.15, -0.1) is 0 Å². The first-order valence-corrected chi connectivity index (χ1v) is 10.2. The fourth-order valence-electron chi connectivity index (χ4n) is 3.56. The fourth-order valence-corrected chi connectivity index (χ4v) is 5.18. The SMILES string of the molecule is O=S(c1ccc(Cl)cc1)C(CCC1CCCC1)c1cc(F)ccc1F. The number of rotatable bonds is 6. The van der Waals surface area contributed by atoms with E-state index in [0.29, 0.717) is 22.3 Å². The molecule has 0 spiro atoms. The van der Waals surface area contributed by atoms with E-state index in [1.165, 1.54) is 31.7 Å². The van der Waals surface area contributed by atoms with Crippen molar-refractivity contribution >= 4 is 22.4 Å². The molecular weight excluding hydrogens is 362 g/mol. The molecule has 0 bridgehead atoms. The summed E-state index contributed by atoms with van der Waals surface area (Å²) in [5.74, 6) is -0.406. The third-order valence-corrected chi connectivity index (χ3v) is 6.92. The standard InChI is InChI=1S/C20H21ClF2OS/c21-15-6-9-17(10-7-15)25(24)20(12-5-14-3-1-2-4-14)18-13-16(22)8-11-19(18)23/h6-11,13-14,20H,1-5,12H2. The monoisotopic (exact) mass is 382 g/mol. The van der Waals surface area contributed by atoms with Crippen molar-refractivity contribution in [3.8, 4) is 0 Å². The number of hydrogen-bond donors (Lipinski definition) is 0. The normalized spacial score (nSPS) is 17.6. The van der Waals surface area contributed by atoms with E-state index in [4.69, 9.17) is 11.6 Å². The van der Waals surface area contributed by atoms with E-state index in [2.05, 4.69) is 0 Å². The molecule has 0 amide bonds. The maximum Gasteiger partial charge on any atom is 0.127 e. The van der Waals surface area contributed by atoms with Crippen molar-refractivity contribution in [1.82, 2.24) is 0 Å². The van der Waals surface area contributed by atoms with Crippen LogP contribution in [0.2, 0.25) is 5.02 Å². The Balaban J connectivity index is 1.88. The predicted molar refractivity (Wildman–Crippen MR) is 98.2 cm³/mol. The summed E-state index contributed by atoms with van der Waals surface area (Å²) in [5, 5.41) is -0.00216. The summed E-state index contributed by atoms with van der Waals surface area (Å²) in [6.07, 6.45) is 6.27. The first-order chi connectivity index (χ1) is 12.0. The second-order valence-electron chi connectivity index (χ2n) is 6.63. The molecule has 2 aromatic carbocycles. The summed E-state index contributed by atoms with van der Waals surface area (Å²) < 4.78 is 41.1. The maximum atomic E-state index is 14.3. The summed E-state index contributed by atoms with van der Waals surface area (Å²) in [6, 6.07) is 10.1. The quantitative estimate of drug-likeness (QED) is 0.562. The van der Waals surface area contributed by atoms with Crippen molar-refractivity contribution in [3.05, 3.63) is 64.7 Å². The molecule has 0 radical (unpaired) electrons. The van der Waals surface area contributed by atoms with E-state index in [1.54, 1.807) is 24.3 Å². The van der Waals surface area contributed by atoms with Crippen molar-refractivity contribution in [2.45, 2.75) is 48.7 Å². The highest BCUT2D eigenvalue weighted by atomic mass is 35.5. The predicted octanol–water partition coefficient (Wildman–Crippen LogP) is 6.44. The van der Waals surface area contributed by atoms with Crippen molar-refractivity contribution in [3.63, 3.8) is 0 Å². The van der Waals surface area contributed by atoms with Crippen LogP contribution in [0.3, 0.4) is 0 Å². The lowest BCUT2D eigenvalue weighted by molar-refractivity contribution is 0.472. The average molecular weight is 383 g/mol. The zero-order valence-corrected chi connectivity index (χ0v) is 15.5. The molecule has 3 rings (SSSR count). The number of hydrogen-bond acceptors (Lipinski definition) is 1. The summed E-state index contributed by atoms with van der Waals surface area (Å²) >= 11 is 5.90. The van der Waals surface area contributed by atoms with Crippen LogP contribution in [0.1, 0.15) is 49.3 Å². The highest BCUT2D eigenvalue weighted by Gasteiger charge is 2.26. The Labute approximate surface area is 154 Å². The van der Waals surface area contributed by atoms with Gasteiger partial charge in [0.1, 0.15) is 11.6 Å². The Bertz CT molecular complexity index is 742. The fraction of sp³-hybridized carbons (Fsp3) is 0.400. The molecule has 0 N–H and O–H groups in total. The van der Waals surface area contributed by atoms with E-state index in [1.807, 2.05) is 0 Å².